The van der Waals surface area contributed by atoms with Crippen LogP contribution in [0.1, 0.15) is 23.0 Å². The van der Waals surface area contributed by atoms with Crippen LogP contribution in [0.5, 0.6) is 0 Å². The average Bonchev–Trinajstić information content (AvgIpc) is 2.87. The first-order chi connectivity index (χ1) is 10.5. The fourth-order valence-electron chi connectivity index (χ4n) is 2.69. The Morgan fingerprint density at radius 3 is 2.73 bits per heavy atom. The fraction of sp³-hybridized carbons (Fsp3) is 0.176. The summed E-state index contributed by atoms with van der Waals surface area (Å²) >= 11 is 0. The Labute approximate surface area is 128 Å². The molecular formula is C17H17N3O2. The molecule has 0 aliphatic carbocycles. The van der Waals surface area contributed by atoms with Gasteiger partial charge in [0, 0.05) is 17.6 Å². The highest BCUT2D eigenvalue weighted by Crippen LogP contribution is 2.29. The molecular weight excluding hydrogens is 278 g/mol. The zero-order chi connectivity index (χ0) is 15.9. The Morgan fingerprint density at radius 2 is 2.05 bits per heavy atom. The van der Waals surface area contributed by atoms with Crippen LogP contribution in [0.2, 0.25) is 0 Å². The van der Waals surface area contributed by atoms with Crippen molar-refractivity contribution < 1.29 is 9.90 Å². The molecule has 0 fully saturated rings. The molecule has 1 aromatic heterocycles. The van der Waals surface area contributed by atoms with Gasteiger partial charge in [0.15, 0.2) is 5.69 Å². The Hall–Kier alpha value is -2.82. The number of benzene rings is 2. The number of carboxylic acids is 1. The van der Waals surface area contributed by atoms with Gasteiger partial charge in [-0.05, 0) is 54.8 Å². The summed E-state index contributed by atoms with van der Waals surface area (Å²) in [5, 5.41) is 14.1. The monoisotopic (exact) mass is 295 g/mol. The standard InChI is InChI=1S/C17H17N3O2/c1-3-20-15-8-11(14-9-12(18)6-4-10(14)2)5-7-13(15)16(19-20)17(21)22/h4-9H,3,18H2,1-2H3,(H,21,22). The maximum Gasteiger partial charge on any atom is 0.357 e. The lowest BCUT2D eigenvalue weighted by molar-refractivity contribution is 0.0691. The van der Waals surface area contributed by atoms with Gasteiger partial charge in [-0.25, -0.2) is 4.79 Å². The summed E-state index contributed by atoms with van der Waals surface area (Å²) in [5.41, 5.74) is 10.7. The number of rotatable bonds is 3. The summed E-state index contributed by atoms with van der Waals surface area (Å²) in [6.45, 7) is 4.58. The first-order valence-corrected chi connectivity index (χ1v) is 7.11. The maximum absolute atomic E-state index is 11.3. The number of nitrogen functional groups attached to an aromatic ring is 1. The van der Waals surface area contributed by atoms with Gasteiger partial charge in [-0.2, -0.15) is 5.10 Å². The molecule has 0 bridgehead atoms. The zero-order valence-corrected chi connectivity index (χ0v) is 12.5. The highest BCUT2D eigenvalue weighted by Gasteiger charge is 2.16. The Morgan fingerprint density at radius 1 is 1.27 bits per heavy atom. The lowest BCUT2D eigenvalue weighted by Crippen LogP contribution is -2.01. The molecule has 112 valence electrons. The molecule has 5 nitrogen and oxygen atoms in total. The van der Waals surface area contributed by atoms with Crippen LogP contribution >= 0.6 is 0 Å². The zero-order valence-electron chi connectivity index (χ0n) is 12.5. The van der Waals surface area contributed by atoms with E-state index in [1.807, 2.05) is 50.2 Å². The van der Waals surface area contributed by atoms with Gasteiger partial charge in [0.25, 0.3) is 0 Å². The third-order valence-electron chi connectivity index (χ3n) is 3.83. The average molecular weight is 295 g/mol. The van der Waals surface area contributed by atoms with E-state index in [-0.39, 0.29) is 5.69 Å². The summed E-state index contributed by atoms with van der Waals surface area (Å²) in [4.78, 5) is 11.3. The van der Waals surface area contributed by atoms with E-state index in [1.165, 1.54) is 0 Å². The second-order valence-electron chi connectivity index (χ2n) is 5.28. The number of nitrogens with two attached hydrogens (primary N) is 1. The van der Waals surface area contributed by atoms with Crippen LogP contribution in [0.25, 0.3) is 22.0 Å². The third kappa shape index (κ3) is 2.20. The van der Waals surface area contributed by atoms with E-state index in [0.717, 1.165) is 22.2 Å². The molecule has 0 unspecified atom stereocenters. The number of carboxylic acid groups (broad SMARTS) is 1. The Balaban J connectivity index is 2.25. The van der Waals surface area contributed by atoms with Crippen molar-refractivity contribution in [1.82, 2.24) is 9.78 Å². The van der Waals surface area contributed by atoms with E-state index in [0.29, 0.717) is 17.6 Å². The highest BCUT2D eigenvalue weighted by molar-refractivity contribution is 6.02. The topological polar surface area (TPSA) is 81.1 Å². The summed E-state index contributed by atoms with van der Waals surface area (Å²) < 4.78 is 1.71. The molecule has 0 saturated heterocycles. The van der Waals surface area contributed by atoms with Gasteiger partial charge < -0.3 is 10.8 Å². The Bertz CT molecular complexity index is 881. The van der Waals surface area contributed by atoms with E-state index in [2.05, 4.69) is 5.10 Å². The van der Waals surface area contributed by atoms with E-state index in [4.69, 9.17) is 5.73 Å². The second kappa shape index (κ2) is 5.18. The van der Waals surface area contributed by atoms with Crippen molar-refractivity contribution in [2.75, 3.05) is 5.73 Å². The van der Waals surface area contributed by atoms with Crippen LogP contribution in [0.3, 0.4) is 0 Å². The number of nitrogens with zero attached hydrogens (tertiary/aromatic N) is 2. The van der Waals surface area contributed by atoms with Crippen LogP contribution in [0, 0.1) is 6.92 Å². The van der Waals surface area contributed by atoms with Gasteiger partial charge >= 0.3 is 5.97 Å². The van der Waals surface area contributed by atoms with Crippen LogP contribution in [0.4, 0.5) is 5.69 Å². The minimum atomic E-state index is -1.01. The maximum atomic E-state index is 11.3. The van der Waals surface area contributed by atoms with Crippen molar-refractivity contribution in [3.63, 3.8) is 0 Å². The number of aromatic carboxylic acids is 1. The predicted octanol–water partition coefficient (Wildman–Crippen LogP) is 3.31. The number of carbonyl (C=O) groups is 1. The van der Waals surface area contributed by atoms with E-state index in [9.17, 15) is 9.90 Å². The molecule has 0 atom stereocenters. The van der Waals surface area contributed by atoms with Crippen molar-refractivity contribution in [3.8, 4) is 11.1 Å². The molecule has 3 rings (SSSR count). The SMILES string of the molecule is CCn1nc(C(=O)O)c2ccc(-c3cc(N)ccc3C)cc21. The Kier molecular flexibility index (Phi) is 3.33. The van der Waals surface area contributed by atoms with Crippen molar-refractivity contribution in [2.24, 2.45) is 0 Å². The molecule has 0 saturated carbocycles. The molecule has 22 heavy (non-hydrogen) atoms. The van der Waals surface area contributed by atoms with Crippen LogP contribution in [-0.4, -0.2) is 20.9 Å². The summed E-state index contributed by atoms with van der Waals surface area (Å²) in [6, 6.07) is 11.5. The number of aromatic nitrogens is 2. The molecule has 0 radical (unpaired) electrons. The van der Waals surface area contributed by atoms with Crippen LogP contribution < -0.4 is 5.73 Å². The van der Waals surface area contributed by atoms with Gasteiger partial charge in [-0.1, -0.05) is 12.1 Å². The number of anilines is 1. The van der Waals surface area contributed by atoms with Crippen molar-refractivity contribution in [2.45, 2.75) is 20.4 Å². The molecule has 3 aromatic rings. The third-order valence-corrected chi connectivity index (χ3v) is 3.83. The lowest BCUT2D eigenvalue weighted by atomic mass is 9.98. The smallest absolute Gasteiger partial charge is 0.357 e. The lowest BCUT2D eigenvalue weighted by Gasteiger charge is -2.08. The van der Waals surface area contributed by atoms with Crippen LogP contribution in [-0.2, 0) is 6.54 Å². The first kappa shape index (κ1) is 14.1. The molecule has 0 amide bonds. The fourth-order valence-corrected chi connectivity index (χ4v) is 2.69. The number of aryl methyl sites for hydroxylation is 2. The molecule has 2 aromatic carbocycles. The van der Waals surface area contributed by atoms with Gasteiger partial charge in [0.05, 0.1) is 5.52 Å². The summed E-state index contributed by atoms with van der Waals surface area (Å²) in [5.74, 6) is -1.01. The number of hydrogen-bond acceptors (Lipinski definition) is 3. The van der Waals surface area contributed by atoms with E-state index < -0.39 is 5.97 Å². The molecule has 0 aliphatic rings. The first-order valence-electron chi connectivity index (χ1n) is 7.11. The predicted molar refractivity (Wildman–Crippen MR) is 87.0 cm³/mol. The van der Waals surface area contributed by atoms with Crippen molar-refractivity contribution >= 4 is 22.6 Å². The summed E-state index contributed by atoms with van der Waals surface area (Å²) in [7, 11) is 0. The van der Waals surface area contributed by atoms with Gasteiger partial charge in [-0.15, -0.1) is 0 Å². The number of fused-ring (bicyclic) bond motifs is 1. The van der Waals surface area contributed by atoms with Crippen LogP contribution in [0.15, 0.2) is 36.4 Å². The van der Waals surface area contributed by atoms with Gasteiger partial charge in [0.2, 0.25) is 0 Å². The van der Waals surface area contributed by atoms with Crippen molar-refractivity contribution in [3.05, 3.63) is 47.7 Å². The summed E-state index contributed by atoms with van der Waals surface area (Å²) in [6.07, 6.45) is 0. The highest BCUT2D eigenvalue weighted by atomic mass is 16.4. The molecule has 1 heterocycles. The molecule has 5 heteroatoms. The van der Waals surface area contributed by atoms with E-state index in [1.54, 1.807) is 4.68 Å². The van der Waals surface area contributed by atoms with E-state index >= 15 is 0 Å². The number of hydrogen-bond donors (Lipinski definition) is 2. The second-order valence-corrected chi connectivity index (χ2v) is 5.28. The largest absolute Gasteiger partial charge is 0.476 e. The quantitative estimate of drug-likeness (QED) is 0.726. The van der Waals surface area contributed by atoms with Gasteiger partial charge in [0.1, 0.15) is 0 Å². The van der Waals surface area contributed by atoms with Gasteiger partial charge in [-0.3, -0.25) is 4.68 Å². The molecule has 0 spiro atoms. The normalized spacial score (nSPS) is 11.0. The minimum absolute atomic E-state index is 0.0905. The minimum Gasteiger partial charge on any atom is -0.476 e. The van der Waals surface area contributed by atoms with Crippen molar-refractivity contribution in [1.29, 1.82) is 0 Å². The molecule has 0 aliphatic heterocycles. The molecule has 3 N–H and O–H groups in total.